The number of nitrogens with one attached hydrogen (secondary N) is 1. The lowest BCUT2D eigenvalue weighted by Crippen LogP contribution is -2.27. The van der Waals surface area contributed by atoms with Crippen LogP contribution in [0.15, 0.2) is 0 Å². The molecule has 0 saturated heterocycles. The van der Waals surface area contributed by atoms with Crippen molar-refractivity contribution in [2.45, 2.75) is 52.6 Å². The van der Waals surface area contributed by atoms with E-state index in [1.165, 1.54) is 6.42 Å². The van der Waals surface area contributed by atoms with Crippen LogP contribution in [-0.2, 0) is 9.53 Å². The van der Waals surface area contributed by atoms with E-state index in [2.05, 4.69) is 5.32 Å². The number of ether oxygens (including phenoxy) is 1. The van der Waals surface area contributed by atoms with Crippen LogP contribution in [0.25, 0.3) is 0 Å². The highest BCUT2D eigenvalue weighted by molar-refractivity contribution is 7.18. The SMILES string of the molecule is Cc1c(C(=O)OC(C)C)sc(NC(=O)[C@@H]2C[C@H]3CC[C@@H]2C3)c1C(N)=O. The number of carbonyl (C=O) groups is 3. The number of fused-ring (bicyclic) bond motifs is 2. The lowest BCUT2D eigenvalue weighted by Gasteiger charge is -2.20. The van der Waals surface area contributed by atoms with Crippen molar-refractivity contribution in [3.63, 3.8) is 0 Å². The van der Waals surface area contributed by atoms with E-state index in [0.29, 0.717) is 27.3 Å². The Balaban J connectivity index is 1.83. The van der Waals surface area contributed by atoms with Gasteiger partial charge >= 0.3 is 5.97 Å². The molecule has 3 rings (SSSR count). The van der Waals surface area contributed by atoms with E-state index in [0.717, 1.165) is 30.6 Å². The van der Waals surface area contributed by atoms with Crippen molar-refractivity contribution in [1.82, 2.24) is 0 Å². The van der Waals surface area contributed by atoms with Crippen molar-refractivity contribution >= 4 is 34.1 Å². The summed E-state index contributed by atoms with van der Waals surface area (Å²) in [7, 11) is 0. The van der Waals surface area contributed by atoms with Crippen LogP contribution in [0.3, 0.4) is 0 Å². The van der Waals surface area contributed by atoms with Gasteiger partial charge in [0.05, 0.1) is 11.7 Å². The van der Waals surface area contributed by atoms with Crippen molar-refractivity contribution in [2.24, 2.45) is 23.5 Å². The van der Waals surface area contributed by atoms with Gasteiger partial charge in [-0.1, -0.05) is 6.42 Å². The summed E-state index contributed by atoms with van der Waals surface area (Å²) >= 11 is 1.06. The Bertz CT molecular complexity index is 725. The van der Waals surface area contributed by atoms with Crippen molar-refractivity contribution < 1.29 is 19.1 Å². The summed E-state index contributed by atoms with van der Waals surface area (Å²) in [5, 5.41) is 3.21. The fourth-order valence-corrected chi connectivity index (χ4v) is 5.23. The summed E-state index contributed by atoms with van der Waals surface area (Å²) in [6.45, 7) is 5.17. The van der Waals surface area contributed by atoms with Crippen LogP contribution in [0.4, 0.5) is 5.00 Å². The molecule has 2 bridgehead atoms. The van der Waals surface area contributed by atoms with Gasteiger partial charge in [0.25, 0.3) is 5.91 Å². The molecule has 136 valence electrons. The van der Waals surface area contributed by atoms with Gasteiger partial charge < -0.3 is 15.8 Å². The maximum absolute atomic E-state index is 12.7. The molecule has 3 atom stereocenters. The summed E-state index contributed by atoms with van der Waals surface area (Å²) in [6.07, 6.45) is 4.08. The van der Waals surface area contributed by atoms with E-state index >= 15 is 0 Å². The number of hydrogen-bond acceptors (Lipinski definition) is 5. The van der Waals surface area contributed by atoms with E-state index in [9.17, 15) is 14.4 Å². The van der Waals surface area contributed by atoms with Crippen LogP contribution < -0.4 is 11.1 Å². The third-order valence-corrected chi connectivity index (χ3v) is 6.42. The predicted octanol–water partition coefficient (Wildman–Crippen LogP) is 3.10. The molecule has 0 unspecified atom stereocenters. The number of amides is 2. The number of anilines is 1. The largest absolute Gasteiger partial charge is 0.459 e. The highest BCUT2D eigenvalue weighted by Gasteiger charge is 2.43. The fourth-order valence-electron chi connectivity index (χ4n) is 4.13. The van der Waals surface area contributed by atoms with Crippen LogP contribution >= 0.6 is 11.3 Å². The topological polar surface area (TPSA) is 98.5 Å². The van der Waals surface area contributed by atoms with Gasteiger partial charge in [-0.25, -0.2) is 4.79 Å². The van der Waals surface area contributed by atoms with Crippen molar-refractivity contribution in [3.05, 3.63) is 16.0 Å². The lowest BCUT2D eigenvalue weighted by molar-refractivity contribution is -0.121. The molecule has 1 heterocycles. The van der Waals surface area contributed by atoms with Crippen LogP contribution in [0.5, 0.6) is 0 Å². The molecule has 25 heavy (non-hydrogen) atoms. The minimum atomic E-state index is -0.652. The number of nitrogens with two attached hydrogens (primary N) is 1. The number of primary amides is 1. The maximum atomic E-state index is 12.7. The second-order valence-corrected chi connectivity index (χ2v) is 8.37. The summed E-state index contributed by atoms with van der Waals surface area (Å²) < 4.78 is 5.22. The average Bonchev–Trinajstić information content (AvgIpc) is 3.20. The van der Waals surface area contributed by atoms with Gasteiger partial charge in [-0.3, -0.25) is 9.59 Å². The maximum Gasteiger partial charge on any atom is 0.348 e. The number of carbonyl (C=O) groups excluding carboxylic acids is 3. The molecule has 7 heteroatoms. The molecule has 3 N–H and O–H groups in total. The lowest BCUT2D eigenvalue weighted by atomic mass is 9.88. The number of hydrogen-bond donors (Lipinski definition) is 2. The highest BCUT2D eigenvalue weighted by atomic mass is 32.1. The third kappa shape index (κ3) is 3.42. The minimum Gasteiger partial charge on any atom is -0.459 e. The van der Waals surface area contributed by atoms with Crippen LogP contribution in [0.1, 0.15) is 65.1 Å². The van der Waals surface area contributed by atoms with Gasteiger partial charge in [0.1, 0.15) is 9.88 Å². The van der Waals surface area contributed by atoms with Gasteiger partial charge in [0.2, 0.25) is 5.91 Å². The molecule has 0 spiro atoms. The van der Waals surface area contributed by atoms with Crippen molar-refractivity contribution in [3.8, 4) is 0 Å². The van der Waals surface area contributed by atoms with Crippen LogP contribution in [-0.4, -0.2) is 23.9 Å². The highest BCUT2D eigenvalue weighted by Crippen LogP contribution is 2.49. The minimum absolute atomic E-state index is 0.00653. The van der Waals surface area contributed by atoms with Gasteiger partial charge in [0, 0.05) is 5.92 Å². The molecule has 0 aliphatic heterocycles. The second-order valence-electron chi connectivity index (χ2n) is 7.35. The molecule has 2 fully saturated rings. The van der Waals surface area contributed by atoms with E-state index in [4.69, 9.17) is 10.5 Å². The quantitative estimate of drug-likeness (QED) is 0.784. The van der Waals surface area contributed by atoms with Crippen molar-refractivity contribution in [2.75, 3.05) is 5.32 Å². The Hall–Kier alpha value is -1.89. The molecule has 0 aromatic carbocycles. The molecule has 2 aliphatic rings. The average molecular weight is 364 g/mol. The van der Waals surface area contributed by atoms with E-state index in [1.54, 1.807) is 20.8 Å². The zero-order chi connectivity index (χ0) is 18.3. The Morgan fingerprint density at radius 2 is 1.96 bits per heavy atom. The number of thiophene rings is 1. The molecule has 1 aromatic heterocycles. The predicted molar refractivity (Wildman–Crippen MR) is 95.7 cm³/mol. The van der Waals surface area contributed by atoms with Gasteiger partial charge in [-0.15, -0.1) is 11.3 Å². The molecular formula is C18H24N2O4S. The van der Waals surface area contributed by atoms with Gasteiger partial charge in [-0.2, -0.15) is 0 Å². The standard InChI is InChI=1S/C18H24N2O4S/c1-8(2)24-18(23)14-9(3)13(15(19)21)17(25-14)20-16(22)12-7-10-4-5-11(12)6-10/h8,10-12H,4-7H2,1-3H3,(H2,19,21)(H,20,22)/t10-,11+,12+/m0/s1. The molecule has 2 saturated carbocycles. The van der Waals surface area contributed by atoms with E-state index < -0.39 is 11.9 Å². The normalized spacial score (nSPS) is 24.6. The third-order valence-electron chi connectivity index (χ3n) is 5.23. The van der Waals surface area contributed by atoms with Crippen LogP contribution in [0.2, 0.25) is 0 Å². The Morgan fingerprint density at radius 1 is 1.24 bits per heavy atom. The Labute approximate surface area is 151 Å². The van der Waals surface area contributed by atoms with E-state index in [1.807, 2.05) is 0 Å². The smallest absolute Gasteiger partial charge is 0.348 e. The van der Waals surface area contributed by atoms with Gasteiger partial charge in [0.15, 0.2) is 0 Å². The zero-order valence-electron chi connectivity index (χ0n) is 14.8. The molecule has 6 nitrogen and oxygen atoms in total. The first-order chi connectivity index (χ1) is 11.8. The first-order valence-corrected chi connectivity index (χ1v) is 9.54. The summed E-state index contributed by atoms with van der Waals surface area (Å²) in [5.74, 6) is -0.139. The number of rotatable bonds is 5. The summed E-state index contributed by atoms with van der Waals surface area (Å²) in [5.41, 5.74) is 6.15. The number of esters is 1. The monoisotopic (exact) mass is 364 g/mol. The molecule has 1 aromatic rings. The zero-order valence-corrected chi connectivity index (χ0v) is 15.6. The van der Waals surface area contributed by atoms with Crippen LogP contribution in [0, 0.1) is 24.7 Å². The second kappa shape index (κ2) is 6.78. The summed E-state index contributed by atoms with van der Waals surface area (Å²) in [6, 6.07) is 0. The van der Waals surface area contributed by atoms with Crippen molar-refractivity contribution in [1.29, 1.82) is 0 Å². The summed E-state index contributed by atoms with van der Waals surface area (Å²) in [4.78, 5) is 37.1. The Morgan fingerprint density at radius 3 is 2.48 bits per heavy atom. The fraction of sp³-hybridized carbons (Fsp3) is 0.611. The first-order valence-electron chi connectivity index (χ1n) is 8.73. The molecule has 2 aliphatic carbocycles. The van der Waals surface area contributed by atoms with E-state index in [-0.39, 0.29) is 23.5 Å². The molecule has 0 radical (unpaired) electrons. The van der Waals surface area contributed by atoms with Gasteiger partial charge in [-0.05, 0) is 57.4 Å². The Kier molecular flexibility index (Phi) is 4.86. The molecule has 2 amide bonds. The molecular weight excluding hydrogens is 340 g/mol. The first kappa shape index (κ1) is 17.9.